The Morgan fingerprint density at radius 2 is 0.741 bits per heavy atom. The first-order valence-corrected chi connectivity index (χ1v) is 22.8. The van der Waals surface area contributed by atoms with Gasteiger partial charge in [-0.25, -0.2) is 0 Å². The molecule has 0 spiro atoms. The van der Waals surface area contributed by atoms with E-state index >= 15 is 0 Å². The van der Waals surface area contributed by atoms with Gasteiger partial charge in [0.05, 0.1) is 31.3 Å². The van der Waals surface area contributed by atoms with E-state index in [2.05, 4.69) is 106 Å². The summed E-state index contributed by atoms with van der Waals surface area (Å²) in [5, 5.41) is 10.8. The van der Waals surface area contributed by atoms with Gasteiger partial charge in [0.25, 0.3) is 0 Å². The first-order chi connectivity index (χ1) is 26.7. The molecule has 3 fully saturated rings. The van der Waals surface area contributed by atoms with Gasteiger partial charge < -0.3 is 34.9 Å². The van der Waals surface area contributed by atoms with Crippen LogP contribution in [0.2, 0.25) is 0 Å². The van der Waals surface area contributed by atoms with Crippen molar-refractivity contribution in [2.75, 3.05) is 6.61 Å². The van der Waals surface area contributed by atoms with Crippen molar-refractivity contribution in [2.24, 2.45) is 11.8 Å². The van der Waals surface area contributed by atoms with Crippen LogP contribution in [-0.4, -0.2) is 82.0 Å². The van der Waals surface area contributed by atoms with E-state index in [-0.39, 0.29) is 39.8 Å². The number of unbranched alkanes of at least 4 members (excludes halogenated alkanes) is 9. The number of carbonyl (C=O) groups excluding carboxylic acids is 4. The molecule has 0 aromatic heterocycles. The van der Waals surface area contributed by atoms with Crippen molar-refractivity contribution in [1.82, 2.24) is 16.0 Å². The van der Waals surface area contributed by atoms with Crippen LogP contribution in [0.15, 0.2) is 0 Å². The summed E-state index contributed by atoms with van der Waals surface area (Å²) in [4.78, 5) is 56.6. The predicted molar refractivity (Wildman–Crippen MR) is 230 cm³/mol. The van der Waals surface area contributed by atoms with Gasteiger partial charge in [0.15, 0.2) is 0 Å². The van der Waals surface area contributed by atoms with Gasteiger partial charge in [0, 0.05) is 71.8 Å². The zero-order valence-corrected chi connectivity index (χ0v) is 39.1. The summed E-state index contributed by atoms with van der Waals surface area (Å²) < 4.78 is 24.3. The monoisotopic (exact) mass is 820 g/mol. The van der Waals surface area contributed by atoms with Gasteiger partial charge in [-0.15, -0.1) is 0 Å². The maximum Gasteiger partial charge on any atom is 0.310 e. The highest BCUT2D eigenvalue weighted by atomic mass is 16.6. The van der Waals surface area contributed by atoms with Crippen LogP contribution in [0.1, 0.15) is 206 Å². The summed E-state index contributed by atoms with van der Waals surface area (Å²) in [5.41, 5.74) is -1.82. The third kappa shape index (κ3) is 18.2. The van der Waals surface area contributed by atoms with Crippen LogP contribution < -0.4 is 16.0 Å². The Morgan fingerprint density at radius 1 is 0.448 bits per heavy atom. The van der Waals surface area contributed by atoms with Crippen molar-refractivity contribution >= 4 is 23.9 Å². The standard InChI is InChI=1S/C47H85N3O8/c1-14-15-16-17-18-19-20-21-22-23-24-55-38(51)25-36(40(53)57-34-29-44(6,7)49-45(8,9)30-34)37(41(54)58-35-31-46(10,11)50-47(12,13)32-35)26-39(52)56-33-27-42(2,3)48-43(4,5)28-33/h33-37,48-50H,14-32H2,1-13H3. The molecule has 3 rings (SSSR count). The SMILES string of the molecule is CCCCCCCCCCCCOC(=O)CC(C(=O)OC1CC(C)(C)NC(C)(C)C1)C(CC(=O)OC1CC(C)(C)NC(C)(C)C1)C(=O)OC1CC(C)(C)NC(C)(C)C1. The van der Waals surface area contributed by atoms with E-state index in [9.17, 15) is 19.2 Å². The molecule has 0 aromatic rings. The van der Waals surface area contributed by atoms with Gasteiger partial charge in [-0.1, -0.05) is 64.7 Å². The first-order valence-electron chi connectivity index (χ1n) is 22.8. The van der Waals surface area contributed by atoms with Crippen LogP contribution in [0.25, 0.3) is 0 Å². The number of piperidine rings is 3. The van der Waals surface area contributed by atoms with E-state index in [1.807, 2.05) is 0 Å². The predicted octanol–water partition coefficient (Wildman–Crippen LogP) is 9.02. The van der Waals surface area contributed by atoms with Crippen molar-refractivity contribution in [3.05, 3.63) is 0 Å². The fourth-order valence-electron chi connectivity index (χ4n) is 10.6. The van der Waals surface area contributed by atoms with Gasteiger partial charge >= 0.3 is 23.9 Å². The molecule has 2 unspecified atom stereocenters. The molecule has 0 aliphatic carbocycles. The fraction of sp³-hybridized carbons (Fsp3) is 0.915. The van der Waals surface area contributed by atoms with Gasteiger partial charge in [-0.3, -0.25) is 19.2 Å². The van der Waals surface area contributed by atoms with E-state index < -0.39 is 66.9 Å². The lowest BCUT2D eigenvalue weighted by molar-refractivity contribution is -0.176. The minimum atomic E-state index is -1.31. The van der Waals surface area contributed by atoms with Crippen LogP contribution in [0.5, 0.6) is 0 Å². The number of rotatable bonds is 21. The molecular weight excluding hydrogens is 735 g/mol. The van der Waals surface area contributed by atoms with Crippen LogP contribution in [0, 0.1) is 11.8 Å². The third-order valence-electron chi connectivity index (χ3n) is 11.9. The number of ether oxygens (including phenoxy) is 4. The van der Waals surface area contributed by atoms with E-state index in [1.165, 1.54) is 38.5 Å². The molecule has 0 aromatic carbocycles. The molecule has 336 valence electrons. The van der Waals surface area contributed by atoms with Gasteiger partial charge in [-0.2, -0.15) is 0 Å². The second kappa shape index (κ2) is 21.0. The van der Waals surface area contributed by atoms with Crippen molar-refractivity contribution in [2.45, 2.75) is 257 Å². The van der Waals surface area contributed by atoms with E-state index in [0.29, 0.717) is 38.5 Å². The summed E-state index contributed by atoms with van der Waals surface area (Å²) in [6.45, 7) is 27.3. The number of carbonyl (C=O) groups is 4. The van der Waals surface area contributed by atoms with Crippen molar-refractivity contribution in [3.8, 4) is 0 Å². The Hall–Kier alpha value is -2.24. The average molecular weight is 820 g/mol. The molecule has 0 bridgehead atoms. The summed E-state index contributed by atoms with van der Waals surface area (Å²) in [5.74, 6) is -5.20. The molecule has 3 aliphatic rings. The van der Waals surface area contributed by atoms with E-state index in [1.54, 1.807) is 0 Å². The highest BCUT2D eigenvalue weighted by Crippen LogP contribution is 2.36. The van der Waals surface area contributed by atoms with Gasteiger partial charge in [0.2, 0.25) is 0 Å². The molecule has 3 aliphatic heterocycles. The molecule has 0 radical (unpaired) electrons. The number of esters is 4. The van der Waals surface area contributed by atoms with Crippen molar-refractivity contribution in [3.63, 3.8) is 0 Å². The van der Waals surface area contributed by atoms with E-state index in [4.69, 9.17) is 18.9 Å². The van der Waals surface area contributed by atoms with Crippen molar-refractivity contribution < 1.29 is 38.1 Å². The van der Waals surface area contributed by atoms with E-state index in [0.717, 1.165) is 25.7 Å². The first kappa shape index (κ1) is 50.1. The van der Waals surface area contributed by atoms with Crippen LogP contribution in [0.4, 0.5) is 0 Å². The normalized spacial score (nSPS) is 23.6. The zero-order valence-electron chi connectivity index (χ0n) is 39.1. The Balaban J connectivity index is 1.84. The summed E-state index contributed by atoms with van der Waals surface area (Å²) in [6, 6.07) is 0. The highest BCUT2D eigenvalue weighted by Gasteiger charge is 2.47. The Kier molecular flexibility index (Phi) is 18.2. The fourth-order valence-corrected chi connectivity index (χ4v) is 10.6. The van der Waals surface area contributed by atoms with Crippen LogP contribution in [-0.2, 0) is 38.1 Å². The molecule has 0 saturated carbocycles. The van der Waals surface area contributed by atoms with Gasteiger partial charge in [-0.05, 0) is 89.5 Å². The lowest BCUT2D eigenvalue weighted by Crippen LogP contribution is -2.60. The van der Waals surface area contributed by atoms with Gasteiger partial charge in [0.1, 0.15) is 18.3 Å². The lowest BCUT2D eigenvalue weighted by atomic mass is 9.80. The smallest absolute Gasteiger partial charge is 0.310 e. The van der Waals surface area contributed by atoms with Crippen LogP contribution in [0.3, 0.4) is 0 Å². The molecule has 58 heavy (non-hydrogen) atoms. The molecule has 0 amide bonds. The second-order valence-corrected chi connectivity index (χ2v) is 22.2. The largest absolute Gasteiger partial charge is 0.466 e. The molecule has 3 heterocycles. The van der Waals surface area contributed by atoms with Crippen LogP contribution >= 0.6 is 0 Å². The Bertz CT molecular complexity index is 1310. The molecule has 11 nitrogen and oxygen atoms in total. The Labute approximate surface area is 352 Å². The topological polar surface area (TPSA) is 141 Å². The summed E-state index contributed by atoms with van der Waals surface area (Å²) in [7, 11) is 0. The maximum atomic E-state index is 14.5. The summed E-state index contributed by atoms with van der Waals surface area (Å²) in [6.07, 6.45) is 12.8. The highest BCUT2D eigenvalue weighted by molar-refractivity contribution is 5.88. The average Bonchev–Trinajstić information content (AvgIpc) is 3.00. The summed E-state index contributed by atoms with van der Waals surface area (Å²) >= 11 is 0. The minimum Gasteiger partial charge on any atom is -0.466 e. The maximum absolute atomic E-state index is 14.5. The molecule has 3 N–H and O–H groups in total. The molecule has 11 heteroatoms. The molecular formula is C47H85N3O8. The van der Waals surface area contributed by atoms with Crippen molar-refractivity contribution in [1.29, 1.82) is 0 Å². The zero-order chi connectivity index (χ0) is 43.6. The molecule has 2 atom stereocenters. The number of nitrogens with one attached hydrogen (secondary N) is 3. The number of hydrogen-bond acceptors (Lipinski definition) is 11. The molecule has 3 saturated heterocycles. The quantitative estimate of drug-likeness (QED) is 0.0581. The lowest BCUT2D eigenvalue weighted by Gasteiger charge is -2.46. The number of hydrogen-bond donors (Lipinski definition) is 3. The third-order valence-corrected chi connectivity index (χ3v) is 11.9. The Morgan fingerprint density at radius 3 is 1.09 bits per heavy atom. The second-order valence-electron chi connectivity index (χ2n) is 22.2. The minimum absolute atomic E-state index is 0.228.